The van der Waals surface area contributed by atoms with E-state index in [-0.39, 0.29) is 12.2 Å². The van der Waals surface area contributed by atoms with Gasteiger partial charge in [0, 0.05) is 4.91 Å². The predicted octanol–water partition coefficient (Wildman–Crippen LogP) is 5.59. The molecule has 0 amide bonds. The SMILES string of the molecule is CC1O[C@H](OC(=N)C(Cl)(Cl)Cl)C(OCc2ccccc2)C(OC(=O)c2ccccc2)C1N=[N+]=[N-]. The van der Waals surface area contributed by atoms with Gasteiger partial charge < -0.3 is 18.9 Å². The van der Waals surface area contributed by atoms with Crippen molar-refractivity contribution in [1.29, 1.82) is 5.41 Å². The summed E-state index contributed by atoms with van der Waals surface area (Å²) in [6.45, 7) is 1.68. The summed E-state index contributed by atoms with van der Waals surface area (Å²) >= 11 is 17.3. The zero-order chi connectivity index (χ0) is 24.7. The van der Waals surface area contributed by atoms with Gasteiger partial charge in [-0.15, -0.1) is 0 Å². The number of carbonyl (C=O) groups excluding carboxylic acids is 1. The van der Waals surface area contributed by atoms with Crippen molar-refractivity contribution >= 4 is 46.7 Å². The first-order valence-electron chi connectivity index (χ1n) is 10.1. The van der Waals surface area contributed by atoms with Crippen LogP contribution >= 0.6 is 34.8 Å². The number of ether oxygens (including phenoxy) is 4. The minimum atomic E-state index is -2.16. The Hall–Kier alpha value is -2.52. The lowest BCUT2D eigenvalue weighted by atomic mass is 9.97. The van der Waals surface area contributed by atoms with Gasteiger partial charge in [-0.2, -0.15) is 0 Å². The number of azide groups is 1. The topological polar surface area (TPSA) is 127 Å². The van der Waals surface area contributed by atoms with Crippen molar-refractivity contribution in [2.45, 2.75) is 48.0 Å². The van der Waals surface area contributed by atoms with Gasteiger partial charge in [0.25, 0.3) is 3.79 Å². The third-order valence-corrected chi connectivity index (χ3v) is 5.49. The number of hydrogen-bond donors (Lipinski definition) is 1. The highest BCUT2D eigenvalue weighted by Crippen LogP contribution is 2.34. The van der Waals surface area contributed by atoms with E-state index < -0.39 is 46.3 Å². The standard InChI is InChI=1S/C22H21Cl3N4O5/c1-13-16(28-29-27)17(33-19(30)15-10-6-3-7-11-15)18(31-12-14-8-4-2-5-9-14)20(32-13)34-21(26)22(23,24)25/h2-11,13,16-18,20,26H,12H2,1H3/t13?,16?,17?,18?,20-/m1/s1. The largest absolute Gasteiger partial charge is 0.455 e. The molecule has 1 aliphatic rings. The van der Waals surface area contributed by atoms with Crippen LogP contribution in [0.5, 0.6) is 0 Å². The zero-order valence-corrected chi connectivity index (χ0v) is 20.2. The second-order valence-electron chi connectivity index (χ2n) is 7.35. The van der Waals surface area contributed by atoms with E-state index in [1.165, 1.54) is 0 Å². The van der Waals surface area contributed by atoms with Gasteiger partial charge in [-0.1, -0.05) is 88.4 Å². The number of rotatable bonds is 7. The second kappa shape index (κ2) is 11.8. The van der Waals surface area contributed by atoms with Crippen LogP contribution in [0.1, 0.15) is 22.8 Å². The Morgan fingerprint density at radius 3 is 2.29 bits per heavy atom. The summed E-state index contributed by atoms with van der Waals surface area (Å²) in [4.78, 5) is 15.7. The van der Waals surface area contributed by atoms with Gasteiger partial charge in [0.2, 0.25) is 12.2 Å². The second-order valence-corrected chi connectivity index (χ2v) is 9.63. The van der Waals surface area contributed by atoms with Crippen LogP contribution in [0.4, 0.5) is 0 Å². The molecule has 0 bridgehead atoms. The highest BCUT2D eigenvalue weighted by Gasteiger charge is 2.50. The number of alkyl halides is 3. The van der Waals surface area contributed by atoms with Crippen LogP contribution in [0, 0.1) is 5.41 Å². The van der Waals surface area contributed by atoms with Crippen molar-refractivity contribution in [2.75, 3.05) is 0 Å². The average molecular weight is 528 g/mol. The fourth-order valence-electron chi connectivity index (χ4n) is 3.33. The van der Waals surface area contributed by atoms with E-state index in [2.05, 4.69) is 10.0 Å². The van der Waals surface area contributed by atoms with Crippen LogP contribution < -0.4 is 0 Å². The molecular formula is C22H21Cl3N4O5. The number of nitrogens with one attached hydrogen (secondary N) is 1. The van der Waals surface area contributed by atoms with Crippen LogP contribution in [-0.4, -0.2) is 46.3 Å². The lowest BCUT2D eigenvalue weighted by molar-refractivity contribution is -0.258. The van der Waals surface area contributed by atoms with Crippen LogP contribution in [-0.2, 0) is 25.6 Å². The van der Waals surface area contributed by atoms with Crippen molar-refractivity contribution in [3.05, 3.63) is 82.2 Å². The molecule has 9 nitrogen and oxygen atoms in total. The van der Waals surface area contributed by atoms with Gasteiger partial charge in [-0.25, -0.2) is 4.79 Å². The molecule has 2 aromatic rings. The monoisotopic (exact) mass is 526 g/mol. The molecule has 5 atom stereocenters. The third-order valence-electron chi connectivity index (χ3n) is 4.97. The molecule has 0 spiro atoms. The zero-order valence-electron chi connectivity index (χ0n) is 17.9. The van der Waals surface area contributed by atoms with Gasteiger partial charge in [0.1, 0.15) is 12.1 Å². The van der Waals surface area contributed by atoms with Crippen LogP contribution in [0.15, 0.2) is 65.8 Å². The molecule has 1 heterocycles. The summed E-state index contributed by atoms with van der Waals surface area (Å²) < 4.78 is 20.9. The van der Waals surface area contributed by atoms with Crippen molar-refractivity contribution < 1.29 is 23.7 Å². The molecule has 0 radical (unpaired) electrons. The van der Waals surface area contributed by atoms with E-state index in [0.29, 0.717) is 0 Å². The van der Waals surface area contributed by atoms with Crippen molar-refractivity contribution in [3.63, 3.8) is 0 Å². The Labute approximate surface area is 210 Å². The molecule has 1 fully saturated rings. The quantitative estimate of drug-likeness (QED) is 0.0955. The predicted molar refractivity (Wildman–Crippen MR) is 127 cm³/mol. The minimum absolute atomic E-state index is 0.0760. The number of benzene rings is 2. The number of nitrogens with zero attached hydrogens (tertiary/aromatic N) is 3. The highest BCUT2D eigenvalue weighted by molar-refractivity contribution is 6.76. The van der Waals surface area contributed by atoms with E-state index in [4.69, 9.17) is 64.7 Å². The van der Waals surface area contributed by atoms with E-state index in [9.17, 15) is 4.79 Å². The lowest BCUT2D eigenvalue weighted by Crippen LogP contribution is -2.59. The molecule has 12 heteroatoms. The first kappa shape index (κ1) is 26.1. The fourth-order valence-corrected chi connectivity index (χ4v) is 3.46. The Kier molecular flexibility index (Phi) is 9.02. The summed E-state index contributed by atoms with van der Waals surface area (Å²) in [6, 6.07) is 16.5. The van der Waals surface area contributed by atoms with Gasteiger partial charge in [0.15, 0.2) is 6.10 Å². The maximum absolute atomic E-state index is 12.9. The van der Waals surface area contributed by atoms with Crippen molar-refractivity contribution in [1.82, 2.24) is 0 Å². The molecule has 180 valence electrons. The van der Waals surface area contributed by atoms with Gasteiger partial charge >= 0.3 is 5.97 Å². The maximum Gasteiger partial charge on any atom is 0.338 e. The molecule has 0 aliphatic carbocycles. The molecule has 1 N–H and O–H groups in total. The molecule has 2 aromatic carbocycles. The summed E-state index contributed by atoms with van der Waals surface area (Å²) in [5.41, 5.74) is 10.2. The molecule has 0 saturated carbocycles. The van der Waals surface area contributed by atoms with Gasteiger partial charge in [-0.05, 0) is 30.2 Å². The molecule has 1 saturated heterocycles. The number of esters is 1. The molecule has 1 aliphatic heterocycles. The Bertz CT molecular complexity index is 1030. The summed E-state index contributed by atoms with van der Waals surface area (Å²) in [5.74, 6) is -1.38. The smallest absolute Gasteiger partial charge is 0.338 e. The maximum atomic E-state index is 12.9. The van der Waals surface area contributed by atoms with E-state index in [0.717, 1.165) is 5.56 Å². The third kappa shape index (κ3) is 6.76. The van der Waals surface area contributed by atoms with Gasteiger partial charge in [0.05, 0.1) is 18.3 Å². The average Bonchev–Trinajstić information content (AvgIpc) is 2.81. The van der Waals surface area contributed by atoms with Crippen LogP contribution in [0.25, 0.3) is 10.4 Å². The number of carbonyl (C=O) groups is 1. The normalized spacial score (nSPS) is 24.5. The molecule has 34 heavy (non-hydrogen) atoms. The molecule has 0 aromatic heterocycles. The minimum Gasteiger partial charge on any atom is -0.455 e. The van der Waals surface area contributed by atoms with E-state index in [1.54, 1.807) is 37.3 Å². The van der Waals surface area contributed by atoms with E-state index in [1.807, 2.05) is 30.3 Å². The van der Waals surface area contributed by atoms with Crippen molar-refractivity contribution in [3.8, 4) is 0 Å². The first-order valence-corrected chi connectivity index (χ1v) is 11.3. The first-order chi connectivity index (χ1) is 16.2. The highest BCUT2D eigenvalue weighted by atomic mass is 35.6. The molecular weight excluding hydrogens is 507 g/mol. The Morgan fingerprint density at radius 1 is 1.09 bits per heavy atom. The van der Waals surface area contributed by atoms with Crippen molar-refractivity contribution in [2.24, 2.45) is 5.11 Å². The number of hydrogen-bond acceptors (Lipinski definition) is 7. The van der Waals surface area contributed by atoms with Gasteiger partial charge in [-0.3, -0.25) is 5.41 Å². The fraction of sp³-hybridized carbons (Fsp3) is 0.364. The molecule has 4 unspecified atom stereocenters. The number of halogens is 3. The Balaban J connectivity index is 1.94. The summed E-state index contributed by atoms with van der Waals surface area (Å²) in [6.07, 6.45) is -4.36. The van der Waals surface area contributed by atoms with Crippen LogP contribution in [0.3, 0.4) is 0 Å². The Morgan fingerprint density at radius 2 is 1.71 bits per heavy atom. The molecule has 3 rings (SSSR count). The summed E-state index contributed by atoms with van der Waals surface area (Å²) in [7, 11) is 0. The lowest BCUT2D eigenvalue weighted by Gasteiger charge is -2.43. The van der Waals surface area contributed by atoms with E-state index >= 15 is 0 Å². The van der Waals surface area contributed by atoms with Crippen LogP contribution in [0.2, 0.25) is 0 Å². The summed E-state index contributed by atoms with van der Waals surface area (Å²) in [5, 5.41) is 11.7.